The van der Waals surface area contributed by atoms with Crippen molar-refractivity contribution in [3.63, 3.8) is 0 Å². The van der Waals surface area contributed by atoms with E-state index in [9.17, 15) is 9.90 Å². The number of ether oxygens (including phenoxy) is 2. The van der Waals surface area contributed by atoms with Crippen LogP contribution in [0.4, 0.5) is 0 Å². The molecule has 6 nitrogen and oxygen atoms in total. The van der Waals surface area contributed by atoms with Crippen LogP contribution >= 0.6 is 11.6 Å². The normalized spacial score (nSPS) is 11.9. The summed E-state index contributed by atoms with van der Waals surface area (Å²) in [5.74, 6) is 0.317. The second-order valence-electron chi connectivity index (χ2n) is 7.93. The summed E-state index contributed by atoms with van der Waals surface area (Å²) in [6, 6.07) is 20.2. The Kier molecular flexibility index (Phi) is 7.72. The molecule has 176 valence electrons. The van der Waals surface area contributed by atoms with Crippen LogP contribution in [0.5, 0.6) is 11.5 Å². The molecule has 0 aliphatic rings. The lowest BCUT2D eigenvalue weighted by Gasteiger charge is -2.19. The maximum absolute atomic E-state index is 12.0. The Morgan fingerprint density at radius 2 is 1.82 bits per heavy atom. The van der Waals surface area contributed by atoms with Crippen LogP contribution in [0.15, 0.2) is 72.9 Å². The molecule has 1 unspecified atom stereocenters. The van der Waals surface area contributed by atoms with Crippen molar-refractivity contribution >= 4 is 28.5 Å². The van der Waals surface area contributed by atoms with Crippen LogP contribution in [0.3, 0.4) is 0 Å². The number of rotatable bonds is 11. The van der Waals surface area contributed by atoms with Crippen molar-refractivity contribution in [3.8, 4) is 11.5 Å². The molecule has 4 aromatic rings. The van der Waals surface area contributed by atoms with E-state index >= 15 is 0 Å². The third-order valence-corrected chi connectivity index (χ3v) is 5.84. The molecule has 0 fully saturated rings. The summed E-state index contributed by atoms with van der Waals surface area (Å²) >= 11 is 5.98. The number of carboxylic acids is 1. The molecule has 1 atom stereocenters. The van der Waals surface area contributed by atoms with Gasteiger partial charge in [0.15, 0.2) is 11.5 Å². The van der Waals surface area contributed by atoms with Gasteiger partial charge in [0.1, 0.15) is 12.6 Å². The SMILES string of the molecule is CCOc1cccc(CNC(Cc2c[nH]c3ccccc23)C(=O)O)c1OCc1ccc(Cl)cc1. The number of carboxylic acid groups (broad SMARTS) is 1. The molecule has 3 aromatic carbocycles. The lowest BCUT2D eigenvalue weighted by molar-refractivity contribution is -0.139. The summed E-state index contributed by atoms with van der Waals surface area (Å²) < 4.78 is 11.9. The second kappa shape index (κ2) is 11.1. The minimum atomic E-state index is -0.908. The van der Waals surface area contributed by atoms with E-state index in [1.165, 1.54) is 0 Å². The second-order valence-corrected chi connectivity index (χ2v) is 8.36. The molecule has 0 amide bonds. The molecule has 3 N–H and O–H groups in total. The van der Waals surface area contributed by atoms with Crippen LogP contribution in [0.2, 0.25) is 5.02 Å². The third kappa shape index (κ3) is 5.71. The molecular weight excluding hydrogens is 452 g/mol. The fourth-order valence-electron chi connectivity index (χ4n) is 3.87. The number of aromatic nitrogens is 1. The zero-order valence-electron chi connectivity index (χ0n) is 18.9. The minimum absolute atomic E-state index is 0.316. The summed E-state index contributed by atoms with van der Waals surface area (Å²) in [5, 5.41) is 14.7. The van der Waals surface area contributed by atoms with Crippen molar-refractivity contribution in [2.24, 2.45) is 0 Å². The van der Waals surface area contributed by atoms with Gasteiger partial charge in [0, 0.05) is 40.7 Å². The summed E-state index contributed by atoms with van der Waals surface area (Å²) in [4.78, 5) is 15.2. The Hall–Kier alpha value is -3.48. The number of para-hydroxylation sites is 2. The number of hydrogen-bond acceptors (Lipinski definition) is 4. The lowest BCUT2D eigenvalue weighted by atomic mass is 10.0. The van der Waals surface area contributed by atoms with E-state index in [1.54, 1.807) is 0 Å². The first-order valence-corrected chi connectivity index (χ1v) is 11.6. The highest BCUT2D eigenvalue weighted by Gasteiger charge is 2.21. The largest absolute Gasteiger partial charge is 0.490 e. The molecule has 0 radical (unpaired) electrons. The number of aliphatic carboxylic acids is 1. The molecule has 0 spiro atoms. The van der Waals surface area contributed by atoms with Gasteiger partial charge >= 0.3 is 5.97 Å². The molecule has 1 aromatic heterocycles. The Bertz CT molecular complexity index is 1250. The third-order valence-electron chi connectivity index (χ3n) is 5.59. The average Bonchev–Trinajstić information content (AvgIpc) is 3.25. The predicted octanol–water partition coefficient (Wildman–Crippen LogP) is 5.58. The van der Waals surface area contributed by atoms with Crippen molar-refractivity contribution in [1.29, 1.82) is 0 Å². The number of H-pyrrole nitrogens is 1. The van der Waals surface area contributed by atoms with Gasteiger partial charge in [-0.25, -0.2) is 0 Å². The van der Waals surface area contributed by atoms with E-state index < -0.39 is 12.0 Å². The first kappa shape index (κ1) is 23.7. The van der Waals surface area contributed by atoms with Gasteiger partial charge in [-0.15, -0.1) is 0 Å². The molecule has 0 saturated heterocycles. The standard InChI is InChI=1S/C27H27ClN2O4/c1-2-33-25-9-5-6-19(26(25)34-17-18-10-12-21(28)13-11-18)15-30-24(27(31)32)14-20-16-29-23-8-4-3-7-22(20)23/h3-13,16,24,29-30H,2,14-15,17H2,1H3,(H,31,32). The van der Waals surface area contributed by atoms with Crippen LogP contribution in [-0.4, -0.2) is 28.7 Å². The fourth-order valence-corrected chi connectivity index (χ4v) is 4.00. The molecular formula is C27H27ClN2O4. The molecule has 0 aliphatic carbocycles. The van der Waals surface area contributed by atoms with Crippen molar-refractivity contribution < 1.29 is 19.4 Å². The van der Waals surface area contributed by atoms with Gasteiger partial charge in [0.05, 0.1) is 6.61 Å². The Labute approximate surface area is 203 Å². The van der Waals surface area contributed by atoms with Crippen molar-refractivity contribution in [1.82, 2.24) is 10.3 Å². The zero-order chi connectivity index (χ0) is 23.9. The topological polar surface area (TPSA) is 83.6 Å². The van der Waals surface area contributed by atoms with Crippen molar-refractivity contribution in [3.05, 3.63) is 94.6 Å². The van der Waals surface area contributed by atoms with E-state index in [1.807, 2.05) is 79.9 Å². The number of benzene rings is 3. The first-order chi connectivity index (χ1) is 16.5. The lowest BCUT2D eigenvalue weighted by Crippen LogP contribution is -2.38. The maximum Gasteiger partial charge on any atom is 0.321 e. The van der Waals surface area contributed by atoms with Gasteiger partial charge in [-0.2, -0.15) is 0 Å². The van der Waals surface area contributed by atoms with Gasteiger partial charge in [0.25, 0.3) is 0 Å². The van der Waals surface area contributed by atoms with Gasteiger partial charge in [-0.3, -0.25) is 10.1 Å². The summed E-state index contributed by atoms with van der Waals surface area (Å²) in [5.41, 5.74) is 3.74. The highest BCUT2D eigenvalue weighted by atomic mass is 35.5. The van der Waals surface area contributed by atoms with Crippen LogP contribution in [0.25, 0.3) is 10.9 Å². The molecule has 7 heteroatoms. The fraction of sp³-hybridized carbons (Fsp3) is 0.222. The van der Waals surface area contributed by atoms with Crippen molar-refractivity contribution in [2.45, 2.75) is 32.5 Å². The van der Waals surface area contributed by atoms with Gasteiger partial charge in [-0.1, -0.05) is 54.1 Å². The molecule has 0 bridgehead atoms. The number of aromatic amines is 1. The minimum Gasteiger partial charge on any atom is -0.490 e. The molecule has 34 heavy (non-hydrogen) atoms. The van der Waals surface area contributed by atoms with E-state index in [-0.39, 0.29) is 0 Å². The number of hydrogen-bond donors (Lipinski definition) is 3. The van der Waals surface area contributed by atoms with E-state index in [0.29, 0.717) is 42.7 Å². The van der Waals surface area contributed by atoms with Gasteiger partial charge in [0.2, 0.25) is 0 Å². The van der Waals surface area contributed by atoms with Crippen LogP contribution in [-0.2, 0) is 24.4 Å². The molecule has 0 aliphatic heterocycles. The predicted molar refractivity (Wildman–Crippen MR) is 134 cm³/mol. The maximum atomic E-state index is 12.0. The van der Waals surface area contributed by atoms with Crippen LogP contribution < -0.4 is 14.8 Å². The summed E-state index contributed by atoms with van der Waals surface area (Å²) in [7, 11) is 0. The van der Waals surface area contributed by atoms with Gasteiger partial charge < -0.3 is 19.6 Å². The Morgan fingerprint density at radius 1 is 1.03 bits per heavy atom. The number of halogens is 1. The zero-order valence-corrected chi connectivity index (χ0v) is 19.6. The number of fused-ring (bicyclic) bond motifs is 1. The Balaban J connectivity index is 1.51. The quantitative estimate of drug-likeness (QED) is 0.262. The van der Waals surface area contributed by atoms with Crippen molar-refractivity contribution in [2.75, 3.05) is 6.61 Å². The van der Waals surface area contributed by atoms with Crippen LogP contribution in [0.1, 0.15) is 23.6 Å². The molecule has 4 rings (SSSR count). The Morgan fingerprint density at radius 3 is 2.59 bits per heavy atom. The molecule has 1 heterocycles. The summed E-state index contributed by atoms with van der Waals surface area (Å²) in [6.07, 6.45) is 2.23. The smallest absolute Gasteiger partial charge is 0.321 e. The van der Waals surface area contributed by atoms with Gasteiger partial charge in [-0.05, 0) is 42.3 Å². The van der Waals surface area contributed by atoms with E-state index in [2.05, 4.69) is 10.3 Å². The number of nitrogens with one attached hydrogen (secondary N) is 2. The number of carbonyl (C=O) groups is 1. The van der Waals surface area contributed by atoms with E-state index in [4.69, 9.17) is 21.1 Å². The average molecular weight is 479 g/mol. The highest BCUT2D eigenvalue weighted by Crippen LogP contribution is 2.32. The first-order valence-electron chi connectivity index (χ1n) is 11.2. The van der Waals surface area contributed by atoms with Crippen LogP contribution in [0, 0.1) is 0 Å². The molecule has 0 saturated carbocycles. The monoisotopic (exact) mass is 478 g/mol. The van der Waals surface area contributed by atoms with E-state index in [0.717, 1.165) is 27.6 Å². The highest BCUT2D eigenvalue weighted by molar-refractivity contribution is 6.30. The summed E-state index contributed by atoms with van der Waals surface area (Å²) in [6.45, 7) is 3.06.